The molecule has 0 radical (unpaired) electrons. The second-order valence-electron chi connectivity index (χ2n) is 5.87. The lowest BCUT2D eigenvalue weighted by Crippen LogP contribution is -2.18. The average Bonchev–Trinajstić information content (AvgIpc) is 2.98. The fraction of sp³-hybridized carbons (Fsp3) is 0.167. The van der Waals surface area contributed by atoms with Gasteiger partial charge in [0.05, 0.1) is 22.3 Å². The summed E-state index contributed by atoms with van der Waals surface area (Å²) in [6, 6.07) is 11.9. The van der Waals surface area contributed by atoms with Crippen LogP contribution in [0.15, 0.2) is 42.5 Å². The zero-order chi connectivity index (χ0) is 17.3. The first-order chi connectivity index (χ1) is 11.5. The Morgan fingerprint density at radius 3 is 2.62 bits per heavy atom. The molecule has 4 N–H and O–H groups in total. The number of fused-ring (bicyclic) bond motifs is 1. The van der Waals surface area contributed by atoms with Gasteiger partial charge in [0.25, 0.3) is 11.8 Å². The van der Waals surface area contributed by atoms with Gasteiger partial charge < -0.3 is 16.0 Å². The number of benzene rings is 2. The number of carbonyl (C=O) groups is 2. The number of H-pyrrole nitrogens is 1. The normalized spacial score (nSPS) is 11.0. The molecule has 0 atom stereocenters. The molecule has 3 rings (SSSR count). The number of nitrogens with one attached hydrogen (secondary N) is 2. The first-order valence-electron chi connectivity index (χ1n) is 7.65. The van der Waals surface area contributed by atoms with E-state index in [1.807, 2.05) is 13.8 Å². The van der Waals surface area contributed by atoms with E-state index >= 15 is 0 Å². The molecule has 1 aromatic heterocycles. The van der Waals surface area contributed by atoms with Gasteiger partial charge in [-0.25, -0.2) is 4.98 Å². The zero-order valence-corrected chi connectivity index (χ0v) is 13.5. The van der Waals surface area contributed by atoms with Crippen molar-refractivity contribution in [2.24, 2.45) is 5.73 Å². The zero-order valence-electron chi connectivity index (χ0n) is 13.5. The molecule has 0 saturated heterocycles. The molecule has 6 heteroatoms. The van der Waals surface area contributed by atoms with E-state index in [1.165, 1.54) is 0 Å². The van der Waals surface area contributed by atoms with E-state index in [9.17, 15) is 9.59 Å². The minimum atomic E-state index is -0.587. The molecule has 0 aliphatic carbocycles. The van der Waals surface area contributed by atoms with Crippen molar-refractivity contribution in [2.45, 2.75) is 19.8 Å². The van der Waals surface area contributed by atoms with Gasteiger partial charge in [0.1, 0.15) is 5.82 Å². The van der Waals surface area contributed by atoms with Crippen LogP contribution >= 0.6 is 0 Å². The lowest BCUT2D eigenvalue weighted by atomic mass is 10.1. The molecule has 0 fully saturated rings. The number of primary amides is 1. The molecule has 122 valence electrons. The SMILES string of the molecule is CC(C)c1nc2ccc(C(=O)Nc3ccccc3C(N)=O)cc2[nH]1. The van der Waals surface area contributed by atoms with Crippen LogP contribution < -0.4 is 11.1 Å². The number of aromatic amines is 1. The number of hydrogen-bond donors (Lipinski definition) is 3. The second kappa shape index (κ2) is 6.16. The largest absolute Gasteiger partial charge is 0.366 e. The Morgan fingerprint density at radius 1 is 1.17 bits per heavy atom. The van der Waals surface area contributed by atoms with Crippen LogP contribution in [0.2, 0.25) is 0 Å². The van der Waals surface area contributed by atoms with Gasteiger partial charge in [-0.1, -0.05) is 26.0 Å². The van der Waals surface area contributed by atoms with Gasteiger partial charge in [-0.3, -0.25) is 9.59 Å². The van der Waals surface area contributed by atoms with E-state index in [4.69, 9.17) is 5.73 Å². The van der Waals surface area contributed by atoms with Gasteiger partial charge in [-0.2, -0.15) is 0 Å². The summed E-state index contributed by atoms with van der Waals surface area (Å²) in [6.07, 6.45) is 0. The van der Waals surface area contributed by atoms with Gasteiger partial charge in [-0.15, -0.1) is 0 Å². The number of para-hydroxylation sites is 1. The molecule has 24 heavy (non-hydrogen) atoms. The number of rotatable bonds is 4. The average molecular weight is 322 g/mol. The van der Waals surface area contributed by atoms with Crippen LogP contribution in [0.4, 0.5) is 5.69 Å². The molecule has 0 unspecified atom stereocenters. The Labute approximate surface area is 139 Å². The van der Waals surface area contributed by atoms with E-state index in [0.29, 0.717) is 11.3 Å². The van der Waals surface area contributed by atoms with Crippen molar-refractivity contribution in [2.75, 3.05) is 5.32 Å². The van der Waals surface area contributed by atoms with Gasteiger partial charge in [-0.05, 0) is 30.3 Å². The molecule has 0 spiro atoms. The molecule has 2 amide bonds. The second-order valence-corrected chi connectivity index (χ2v) is 5.87. The standard InChI is InChI=1S/C18H18N4O2/c1-10(2)17-20-14-8-7-11(9-15(14)21-17)18(24)22-13-6-4-3-5-12(13)16(19)23/h3-10H,1-2H3,(H2,19,23)(H,20,21)(H,22,24). The molecule has 0 bridgehead atoms. The van der Waals surface area contributed by atoms with Crippen LogP contribution in [0.25, 0.3) is 11.0 Å². The van der Waals surface area contributed by atoms with Gasteiger partial charge >= 0.3 is 0 Å². The lowest BCUT2D eigenvalue weighted by molar-refractivity contribution is 0.100. The van der Waals surface area contributed by atoms with E-state index in [2.05, 4.69) is 15.3 Å². The van der Waals surface area contributed by atoms with Crippen molar-refractivity contribution in [3.8, 4) is 0 Å². The van der Waals surface area contributed by atoms with Crippen molar-refractivity contribution >= 4 is 28.5 Å². The topological polar surface area (TPSA) is 101 Å². The highest BCUT2D eigenvalue weighted by atomic mass is 16.2. The maximum absolute atomic E-state index is 12.5. The quantitative estimate of drug-likeness (QED) is 0.688. The minimum absolute atomic E-state index is 0.274. The summed E-state index contributed by atoms with van der Waals surface area (Å²) in [5.41, 5.74) is 8.08. The van der Waals surface area contributed by atoms with E-state index in [-0.39, 0.29) is 17.4 Å². The van der Waals surface area contributed by atoms with Gasteiger partial charge in [0.2, 0.25) is 0 Å². The highest BCUT2D eigenvalue weighted by molar-refractivity contribution is 6.09. The number of anilines is 1. The first-order valence-corrected chi connectivity index (χ1v) is 7.65. The van der Waals surface area contributed by atoms with Crippen molar-refractivity contribution in [1.29, 1.82) is 0 Å². The predicted molar refractivity (Wildman–Crippen MR) is 93.1 cm³/mol. The molecule has 2 aromatic carbocycles. The fourth-order valence-corrected chi connectivity index (χ4v) is 2.45. The van der Waals surface area contributed by atoms with Crippen LogP contribution in [0, 0.1) is 0 Å². The molecular formula is C18H18N4O2. The molecule has 3 aromatic rings. The summed E-state index contributed by atoms with van der Waals surface area (Å²) in [4.78, 5) is 31.6. The summed E-state index contributed by atoms with van der Waals surface area (Å²) in [6.45, 7) is 4.10. The van der Waals surface area contributed by atoms with Crippen LogP contribution in [0.1, 0.15) is 46.3 Å². The van der Waals surface area contributed by atoms with Crippen LogP contribution in [-0.4, -0.2) is 21.8 Å². The highest BCUT2D eigenvalue weighted by Crippen LogP contribution is 2.20. The van der Waals surface area contributed by atoms with Gasteiger partial charge in [0, 0.05) is 11.5 Å². The number of nitrogens with zero attached hydrogens (tertiary/aromatic N) is 1. The number of imidazole rings is 1. The summed E-state index contributed by atoms with van der Waals surface area (Å²) >= 11 is 0. The van der Waals surface area contributed by atoms with Gasteiger partial charge in [0.15, 0.2) is 0 Å². The predicted octanol–water partition coefficient (Wildman–Crippen LogP) is 3.04. The van der Waals surface area contributed by atoms with Crippen molar-refractivity contribution < 1.29 is 9.59 Å². The Morgan fingerprint density at radius 2 is 1.92 bits per heavy atom. The molecule has 6 nitrogen and oxygen atoms in total. The fourth-order valence-electron chi connectivity index (χ4n) is 2.45. The van der Waals surface area contributed by atoms with Crippen molar-refractivity contribution in [3.05, 3.63) is 59.4 Å². The lowest BCUT2D eigenvalue weighted by Gasteiger charge is -2.08. The van der Waals surface area contributed by atoms with Crippen LogP contribution in [0.3, 0.4) is 0 Å². The Kier molecular flexibility index (Phi) is 4.04. The number of amides is 2. The molecule has 0 aliphatic heterocycles. The van der Waals surface area contributed by atoms with E-state index in [1.54, 1.807) is 42.5 Å². The van der Waals surface area contributed by atoms with Crippen LogP contribution in [0.5, 0.6) is 0 Å². The molecule has 0 saturated carbocycles. The monoisotopic (exact) mass is 322 g/mol. The highest BCUT2D eigenvalue weighted by Gasteiger charge is 2.13. The summed E-state index contributed by atoms with van der Waals surface area (Å²) in [5, 5.41) is 2.73. The van der Waals surface area contributed by atoms with Crippen LogP contribution in [-0.2, 0) is 0 Å². The number of carbonyl (C=O) groups excluding carboxylic acids is 2. The number of hydrogen-bond acceptors (Lipinski definition) is 3. The van der Waals surface area contributed by atoms with E-state index < -0.39 is 5.91 Å². The molecule has 0 aliphatic rings. The third kappa shape index (κ3) is 2.99. The molecular weight excluding hydrogens is 304 g/mol. The van der Waals surface area contributed by atoms with Crippen molar-refractivity contribution in [3.63, 3.8) is 0 Å². The summed E-state index contributed by atoms with van der Waals surface area (Å²) < 4.78 is 0. The Hall–Kier alpha value is -3.15. The van der Waals surface area contributed by atoms with Crippen molar-refractivity contribution in [1.82, 2.24) is 9.97 Å². The summed E-state index contributed by atoms with van der Waals surface area (Å²) in [5.74, 6) is 0.251. The maximum atomic E-state index is 12.5. The smallest absolute Gasteiger partial charge is 0.255 e. The molecule has 1 heterocycles. The minimum Gasteiger partial charge on any atom is -0.366 e. The Balaban J connectivity index is 1.90. The first kappa shape index (κ1) is 15.7. The number of aromatic nitrogens is 2. The van der Waals surface area contributed by atoms with E-state index in [0.717, 1.165) is 16.9 Å². The number of nitrogens with two attached hydrogens (primary N) is 1. The Bertz CT molecular complexity index is 928. The maximum Gasteiger partial charge on any atom is 0.255 e. The summed E-state index contributed by atoms with van der Waals surface area (Å²) in [7, 11) is 0. The third-order valence-corrected chi connectivity index (χ3v) is 3.75. The third-order valence-electron chi connectivity index (χ3n) is 3.75.